The first-order valence-corrected chi connectivity index (χ1v) is 6.77. The van der Waals surface area contributed by atoms with Crippen LogP contribution < -0.4 is 0 Å². The van der Waals surface area contributed by atoms with E-state index in [1.165, 1.54) is 6.42 Å². The second-order valence-corrected chi connectivity index (χ2v) is 5.22. The van der Waals surface area contributed by atoms with Crippen molar-refractivity contribution in [3.8, 4) is 0 Å². The Hall–Kier alpha value is -1.06. The van der Waals surface area contributed by atoms with E-state index in [1.807, 2.05) is 13.8 Å². The summed E-state index contributed by atoms with van der Waals surface area (Å²) in [4.78, 5) is 27.8. The maximum Gasteiger partial charge on any atom is 0.326 e. The van der Waals surface area contributed by atoms with Crippen LogP contribution in [-0.2, 0) is 4.79 Å². The molecule has 4 heteroatoms. The van der Waals surface area contributed by atoms with Crippen LogP contribution in [0.2, 0.25) is 0 Å². The maximum absolute atomic E-state index is 12.2. The largest absolute Gasteiger partial charge is 0.326 e. The van der Waals surface area contributed by atoms with Crippen LogP contribution in [0.15, 0.2) is 0 Å². The summed E-state index contributed by atoms with van der Waals surface area (Å²) in [5.41, 5.74) is 0. The number of hydrogen-bond donors (Lipinski definition) is 0. The Labute approximate surface area is 103 Å². The zero-order valence-electron chi connectivity index (χ0n) is 10.8. The maximum atomic E-state index is 12.2. The lowest BCUT2D eigenvalue weighted by Gasteiger charge is -2.42. The monoisotopic (exact) mass is 238 g/mol. The summed E-state index contributed by atoms with van der Waals surface area (Å²) in [7, 11) is 0. The average Bonchev–Trinajstić information content (AvgIpc) is 2.35. The molecule has 1 aliphatic heterocycles. The van der Waals surface area contributed by atoms with E-state index in [9.17, 15) is 9.59 Å². The minimum Gasteiger partial charge on any atom is -0.324 e. The lowest BCUT2D eigenvalue weighted by Crippen LogP contribution is -2.59. The molecule has 17 heavy (non-hydrogen) atoms. The number of carbonyl (C=O) groups excluding carboxylic acids is 2. The molecular weight excluding hydrogens is 216 g/mol. The van der Waals surface area contributed by atoms with Crippen molar-refractivity contribution in [2.24, 2.45) is 5.92 Å². The zero-order chi connectivity index (χ0) is 12.4. The minimum atomic E-state index is -0.0671. The van der Waals surface area contributed by atoms with Crippen LogP contribution >= 0.6 is 0 Å². The first kappa shape index (κ1) is 12.4. The summed E-state index contributed by atoms with van der Waals surface area (Å²) in [6, 6.07) is 0.0862. The van der Waals surface area contributed by atoms with Crippen LogP contribution in [0.1, 0.15) is 46.0 Å². The Morgan fingerprint density at radius 2 is 1.82 bits per heavy atom. The smallest absolute Gasteiger partial charge is 0.324 e. The molecule has 4 nitrogen and oxygen atoms in total. The van der Waals surface area contributed by atoms with Gasteiger partial charge in [-0.3, -0.25) is 9.69 Å². The Morgan fingerprint density at radius 3 is 2.41 bits per heavy atom. The summed E-state index contributed by atoms with van der Waals surface area (Å²) in [6.07, 6.45) is 5.49. The SMILES string of the molecule is CCN1CC(C)C(=O)N(C2CCCCC2)C1=O. The van der Waals surface area contributed by atoms with E-state index in [0.717, 1.165) is 25.7 Å². The van der Waals surface area contributed by atoms with E-state index in [0.29, 0.717) is 13.1 Å². The van der Waals surface area contributed by atoms with Crippen molar-refractivity contribution in [3.63, 3.8) is 0 Å². The quantitative estimate of drug-likeness (QED) is 0.740. The highest BCUT2D eigenvalue weighted by molar-refractivity contribution is 5.98. The fourth-order valence-corrected chi connectivity index (χ4v) is 2.91. The first-order valence-electron chi connectivity index (χ1n) is 6.77. The van der Waals surface area contributed by atoms with Crippen LogP contribution in [0.4, 0.5) is 4.79 Å². The van der Waals surface area contributed by atoms with E-state index in [1.54, 1.807) is 9.80 Å². The van der Waals surface area contributed by atoms with Gasteiger partial charge in [0.1, 0.15) is 0 Å². The number of carbonyl (C=O) groups is 2. The number of imide groups is 1. The zero-order valence-corrected chi connectivity index (χ0v) is 10.8. The Morgan fingerprint density at radius 1 is 1.18 bits per heavy atom. The van der Waals surface area contributed by atoms with Crippen molar-refractivity contribution < 1.29 is 9.59 Å². The second-order valence-electron chi connectivity index (χ2n) is 5.22. The molecule has 1 atom stereocenters. The molecule has 3 amide bonds. The van der Waals surface area contributed by atoms with Crippen LogP contribution in [0, 0.1) is 5.92 Å². The predicted molar refractivity (Wildman–Crippen MR) is 65.5 cm³/mol. The summed E-state index contributed by atoms with van der Waals surface area (Å²) in [5.74, 6) is -0.0128. The minimum absolute atomic E-state index is 0.0339. The molecular formula is C13H22N2O2. The van der Waals surface area contributed by atoms with Gasteiger partial charge < -0.3 is 4.90 Å². The summed E-state index contributed by atoms with van der Waals surface area (Å²) in [5, 5.41) is 0. The van der Waals surface area contributed by atoms with E-state index >= 15 is 0 Å². The molecule has 1 unspecified atom stereocenters. The third-order valence-electron chi connectivity index (χ3n) is 3.95. The fraction of sp³-hybridized carbons (Fsp3) is 0.846. The van der Waals surface area contributed by atoms with E-state index < -0.39 is 0 Å². The summed E-state index contributed by atoms with van der Waals surface area (Å²) < 4.78 is 0. The third-order valence-corrected chi connectivity index (χ3v) is 3.95. The summed E-state index contributed by atoms with van der Waals surface area (Å²) >= 11 is 0. The third kappa shape index (κ3) is 2.31. The van der Waals surface area contributed by atoms with E-state index in [-0.39, 0.29) is 23.9 Å². The van der Waals surface area contributed by atoms with E-state index in [4.69, 9.17) is 0 Å². The second kappa shape index (κ2) is 5.07. The van der Waals surface area contributed by atoms with Crippen LogP contribution in [0.5, 0.6) is 0 Å². The molecule has 0 bridgehead atoms. The van der Waals surface area contributed by atoms with Gasteiger partial charge in [0.25, 0.3) is 0 Å². The van der Waals surface area contributed by atoms with Gasteiger partial charge in [-0.05, 0) is 19.8 Å². The van der Waals surface area contributed by atoms with Crippen LogP contribution in [-0.4, -0.2) is 40.9 Å². The highest BCUT2D eigenvalue weighted by Gasteiger charge is 2.40. The average molecular weight is 238 g/mol. The van der Waals surface area contributed by atoms with Gasteiger partial charge in [0, 0.05) is 19.1 Å². The van der Waals surface area contributed by atoms with Gasteiger partial charge in [-0.1, -0.05) is 26.2 Å². The molecule has 1 saturated heterocycles. The highest BCUT2D eigenvalue weighted by Crippen LogP contribution is 2.27. The van der Waals surface area contributed by atoms with Gasteiger partial charge >= 0.3 is 6.03 Å². The van der Waals surface area contributed by atoms with Crippen molar-refractivity contribution in [2.45, 2.75) is 52.0 Å². The van der Waals surface area contributed by atoms with Gasteiger partial charge in [-0.2, -0.15) is 0 Å². The Balaban J connectivity index is 2.15. The number of urea groups is 1. The molecule has 0 spiro atoms. The lowest BCUT2D eigenvalue weighted by molar-refractivity contribution is -0.138. The molecule has 1 aliphatic carbocycles. The van der Waals surface area contributed by atoms with Gasteiger partial charge in [-0.15, -0.1) is 0 Å². The first-order chi connectivity index (χ1) is 8.15. The van der Waals surface area contributed by atoms with E-state index in [2.05, 4.69) is 0 Å². The normalized spacial score (nSPS) is 27.8. The predicted octanol–water partition coefficient (Wildman–Crippen LogP) is 2.24. The molecule has 0 radical (unpaired) electrons. The molecule has 1 heterocycles. The molecule has 2 rings (SSSR count). The van der Waals surface area contributed by atoms with Crippen molar-refractivity contribution in [2.75, 3.05) is 13.1 Å². The van der Waals surface area contributed by atoms with Crippen LogP contribution in [0.25, 0.3) is 0 Å². The molecule has 0 aromatic carbocycles. The molecule has 2 aliphatic rings. The standard InChI is InChI=1S/C13H22N2O2/c1-3-14-9-10(2)12(16)15(13(14)17)11-7-5-4-6-8-11/h10-11H,3-9H2,1-2H3. The molecule has 1 saturated carbocycles. The number of hydrogen-bond acceptors (Lipinski definition) is 2. The van der Waals surface area contributed by atoms with Gasteiger partial charge in [0.15, 0.2) is 0 Å². The molecule has 96 valence electrons. The van der Waals surface area contributed by atoms with Gasteiger partial charge in [0.05, 0.1) is 5.92 Å². The van der Waals surface area contributed by atoms with Crippen molar-refractivity contribution in [3.05, 3.63) is 0 Å². The molecule has 0 aromatic heterocycles. The fourth-order valence-electron chi connectivity index (χ4n) is 2.91. The van der Waals surface area contributed by atoms with Crippen molar-refractivity contribution >= 4 is 11.9 Å². The molecule has 0 N–H and O–H groups in total. The number of nitrogens with zero attached hydrogens (tertiary/aromatic N) is 2. The van der Waals surface area contributed by atoms with Crippen molar-refractivity contribution in [1.29, 1.82) is 0 Å². The van der Waals surface area contributed by atoms with Gasteiger partial charge in [0.2, 0.25) is 5.91 Å². The molecule has 2 fully saturated rings. The number of amides is 3. The van der Waals surface area contributed by atoms with Crippen molar-refractivity contribution in [1.82, 2.24) is 9.80 Å². The summed E-state index contributed by atoms with van der Waals surface area (Å²) in [6.45, 7) is 5.17. The topological polar surface area (TPSA) is 40.6 Å². The van der Waals surface area contributed by atoms with Gasteiger partial charge in [-0.25, -0.2) is 4.79 Å². The number of rotatable bonds is 2. The lowest BCUT2D eigenvalue weighted by atomic mass is 9.92. The Bertz CT molecular complexity index is 311. The highest BCUT2D eigenvalue weighted by atomic mass is 16.2. The van der Waals surface area contributed by atoms with Crippen LogP contribution in [0.3, 0.4) is 0 Å². The molecule has 0 aromatic rings. The Kier molecular flexibility index (Phi) is 3.69.